The van der Waals surface area contributed by atoms with E-state index in [9.17, 15) is 0 Å². The first-order valence-electron chi connectivity index (χ1n) is 5.76. The average Bonchev–Trinajstić information content (AvgIpc) is 2.78. The van der Waals surface area contributed by atoms with E-state index in [0.29, 0.717) is 18.8 Å². The molecule has 0 radical (unpaired) electrons. The zero-order chi connectivity index (χ0) is 11.2. The van der Waals surface area contributed by atoms with Crippen LogP contribution in [0.4, 0.5) is 0 Å². The van der Waals surface area contributed by atoms with Crippen molar-refractivity contribution in [1.82, 2.24) is 5.32 Å². The highest BCUT2D eigenvalue weighted by atomic mass is 16.5. The second kappa shape index (κ2) is 5.99. The maximum Gasteiger partial charge on any atom is 0.0717 e. The van der Waals surface area contributed by atoms with Crippen LogP contribution in [0.2, 0.25) is 0 Å². The van der Waals surface area contributed by atoms with E-state index in [0.717, 1.165) is 19.6 Å². The molecule has 0 spiro atoms. The molecule has 0 aliphatic carbocycles. The summed E-state index contributed by atoms with van der Waals surface area (Å²) in [5.74, 6) is 0. The van der Waals surface area contributed by atoms with Gasteiger partial charge in [-0.25, -0.2) is 0 Å². The minimum absolute atomic E-state index is 0.352. The first kappa shape index (κ1) is 11.6. The monoisotopic (exact) mass is 221 g/mol. The number of benzene rings is 1. The van der Waals surface area contributed by atoms with Crippen molar-refractivity contribution in [1.29, 1.82) is 0 Å². The number of rotatable bonds is 5. The minimum Gasteiger partial charge on any atom is -0.380 e. The van der Waals surface area contributed by atoms with Crippen molar-refractivity contribution >= 4 is 0 Å². The molecule has 2 atom stereocenters. The number of methoxy groups -OCH3 is 1. The molecule has 0 aromatic heterocycles. The Kier molecular flexibility index (Phi) is 4.34. The number of hydrogen-bond donors (Lipinski definition) is 1. The maximum absolute atomic E-state index is 5.68. The van der Waals surface area contributed by atoms with Gasteiger partial charge >= 0.3 is 0 Å². The van der Waals surface area contributed by atoms with Crippen molar-refractivity contribution in [2.75, 3.05) is 20.3 Å². The van der Waals surface area contributed by atoms with Gasteiger partial charge in [-0.15, -0.1) is 0 Å². The number of hydrogen-bond acceptors (Lipinski definition) is 3. The average molecular weight is 221 g/mol. The summed E-state index contributed by atoms with van der Waals surface area (Å²) < 4.78 is 11.0. The third-order valence-corrected chi connectivity index (χ3v) is 2.95. The highest BCUT2D eigenvalue weighted by Crippen LogP contribution is 2.10. The van der Waals surface area contributed by atoms with Crippen molar-refractivity contribution in [3.8, 4) is 0 Å². The smallest absolute Gasteiger partial charge is 0.0717 e. The van der Waals surface area contributed by atoms with Crippen LogP contribution in [0.15, 0.2) is 30.3 Å². The van der Waals surface area contributed by atoms with Crippen LogP contribution in [0.1, 0.15) is 12.0 Å². The van der Waals surface area contributed by atoms with Crippen molar-refractivity contribution in [2.24, 2.45) is 0 Å². The number of ether oxygens (including phenoxy) is 2. The highest BCUT2D eigenvalue weighted by Gasteiger charge is 2.23. The lowest BCUT2D eigenvalue weighted by atomic mass is 10.2. The first-order chi connectivity index (χ1) is 7.88. The molecule has 88 valence electrons. The van der Waals surface area contributed by atoms with Gasteiger partial charge in [0.15, 0.2) is 0 Å². The van der Waals surface area contributed by atoms with Crippen LogP contribution in [0.5, 0.6) is 0 Å². The Morgan fingerprint density at radius 1 is 1.31 bits per heavy atom. The Hall–Kier alpha value is -0.900. The van der Waals surface area contributed by atoms with Crippen LogP contribution >= 0.6 is 0 Å². The van der Waals surface area contributed by atoms with Crippen LogP contribution in [-0.2, 0) is 16.1 Å². The number of nitrogens with one attached hydrogen (secondary N) is 1. The fourth-order valence-corrected chi connectivity index (χ4v) is 1.98. The van der Waals surface area contributed by atoms with Gasteiger partial charge in [-0.2, -0.15) is 0 Å². The summed E-state index contributed by atoms with van der Waals surface area (Å²) >= 11 is 0. The molecule has 0 bridgehead atoms. The molecule has 1 fully saturated rings. The third-order valence-electron chi connectivity index (χ3n) is 2.95. The van der Waals surface area contributed by atoms with E-state index in [4.69, 9.17) is 9.47 Å². The lowest BCUT2D eigenvalue weighted by Crippen LogP contribution is -2.26. The lowest BCUT2D eigenvalue weighted by Gasteiger charge is -2.11. The van der Waals surface area contributed by atoms with Gasteiger partial charge in [-0.05, 0) is 12.0 Å². The van der Waals surface area contributed by atoms with Crippen molar-refractivity contribution in [2.45, 2.75) is 25.2 Å². The summed E-state index contributed by atoms with van der Waals surface area (Å²) in [6.45, 7) is 2.39. The molecule has 16 heavy (non-hydrogen) atoms. The Bertz CT molecular complexity index is 302. The van der Waals surface area contributed by atoms with Gasteiger partial charge in [0.1, 0.15) is 0 Å². The third kappa shape index (κ3) is 3.30. The second-order valence-corrected chi connectivity index (χ2v) is 4.20. The Morgan fingerprint density at radius 3 is 2.81 bits per heavy atom. The van der Waals surface area contributed by atoms with Crippen molar-refractivity contribution < 1.29 is 9.47 Å². The van der Waals surface area contributed by atoms with Gasteiger partial charge in [0.25, 0.3) is 0 Å². The Morgan fingerprint density at radius 2 is 2.12 bits per heavy atom. The molecule has 1 N–H and O–H groups in total. The first-order valence-corrected chi connectivity index (χ1v) is 5.76. The molecule has 1 aromatic carbocycles. The van der Waals surface area contributed by atoms with E-state index in [1.54, 1.807) is 7.11 Å². The van der Waals surface area contributed by atoms with Crippen LogP contribution in [-0.4, -0.2) is 32.4 Å². The van der Waals surface area contributed by atoms with E-state index in [1.807, 2.05) is 18.2 Å². The van der Waals surface area contributed by atoms with Crippen molar-refractivity contribution in [3.63, 3.8) is 0 Å². The summed E-state index contributed by atoms with van der Waals surface area (Å²) in [5, 5.41) is 3.39. The Labute approximate surface area is 96.8 Å². The molecule has 3 nitrogen and oxygen atoms in total. The molecule has 1 aromatic rings. The summed E-state index contributed by atoms with van der Waals surface area (Å²) in [7, 11) is 1.76. The fraction of sp³-hybridized carbons (Fsp3) is 0.538. The van der Waals surface area contributed by atoms with Gasteiger partial charge in [0.2, 0.25) is 0 Å². The lowest BCUT2D eigenvalue weighted by molar-refractivity contribution is 0.0893. The van der Waals surface area contributed by atoms with Crippen LogP contribution < -0.4 is 5.32 Å². The topological polar surface area (TPSA) is 30.5 Å². The molecule has 0 saturated carbocycles. The van der Waals surface area contributed by atoms with E-state index in [2.05, 4.69) is 17.4 Å². The predicted octanol–water partition coefficient (Wildman–Crippen LogP) is 1.58. The highest BCUT2D eigenvalue weighted by molar-refractivity contribution is 5.13. The largest absolute Gasteiger partial charge is 0.380 e. The summed E-state index contributed by atoms with van der Waals surface area (Å²) in [4.78, 5) is 0. The molecule has 3 heteroatoms. The van der Waals surface area contributed by atoms with Gasteiger partial charge in [0, 0.05) is 19.7 Å². The second-order valence-electron chi connectivity index (χ2n) is 4.20. The molecule has 1 heterocycles. The standard InChI is InChI=1S/C13H19NO2/c1-15-13-7-12(14-8-13)10-16-9-11-5-3-2-4-6-11/h2-6,12-14H,7-10H2,1H3/t12-,13+/m0/s1. The zero-order valence-corrected chi connectivity index (χ0v) is 9.69. The van der Waals surface area contributed by atoms with E-state index in [1.165, 1.54) is 5.56 Å². The van der Waals surface area contributed by atoms with Crippen LogP contribution in [0, 0.1) is 0 Å². The quantitative estimate of drug-likeness (QED) is 0.819. The molecular formula is C13H19NO2. The molecule has 0 amide bonds. The molecule has 1 saturated heterocycles. The maximum atomic E-state index is 5.68. The van der Waals surface area contributed by atoms with Gasteiger partial charge in [0.05, 0.1) is 19.3 Å². The van der Waals surface area contributed by atoms with Crippen LogP contribution in [0.3, 0.4) is 0 Å². The molecular weight excluding hydrogens is 202 g/mol. The summed E-state index contributed by atoms with van der Waals surface area (Å²) in [5.41, 5.74) is 1.23. The van der Waals surface area contributed by atoms with Crippen LogP contribution in [0.25, 0.3) is 0 Å². The molecule has 0 unspecified atom stereocenters. The van der Waals surface area contributed by atoms with Gasteiger partial charge in [-0.3, -0.25) is 0 Å². The molecule has 1 aliphatic rings. The van der Waals surface area contributed by atoms with E-state index < -0.39 is 0 Å². The van der Waals surface area contributed by atoms with Gasteiger partial charge < -0.3 is 14.8 Å². The Balaban J connectivity index is 1.65. The summed E-state index contributed by atoms with van der Waals surface area (Å²) in [6.07, 6.45) is 1.40. The normalized spacial score (nSPS) is 24.8. The summed E-state index contributed by atoms with van der Waals surface area (Å²) in [6, 6.07) is 10.7. The SMILES string of the molecule is CO[C@H]1CN[C@H](COCc2ccccc2)C1. The fourth-order valence-electron chi connectivity index (χ4n) is 1.98. The zero-order valence-electron chi connectivity index (χ0n) is 9.69. The predicted molar refractivity (Wildman–Crippen MR) is 63.3 cm³/mol. The van der Waals surface area contributed by atoms with Crippen molar-refractivity contribution in [3.05, 3.63) is 35.9 Å². The van der Waals surface area contributed by atoms with Gasteiger partial charge in [-0.1, -0.05) is 30.3 Å². The minimum atomic E-state index is 0.352. The molecule has 1 aliphatic heterocycles. The van der Waals surface area contributed by atoms with E-state index in [-0.39, 0.29) is 0 Å². The molecule has 2 rings (SSSR count). The van der Waals surface area contributed by atoms with E-state index >= 15 is 0 Å².